The standard InChI is InChI=1S/C71H62N4O/c1-43-25-37-62(72-41-43)74(47-31-27-45(28-32-47)69(3,4)5)49-35-36-54-56(39-49)50-17-9-10-20-53(50)64-66-59(71(67(54)64)57-22-14-11-18-51(57)52-19-12-15-23-58(52)71)40-60(68-65(66)55-21-13-16-24-61(55)76-68)75(63-38-26-44(2)42-73-63)48-33-29-46(30-34-48)70(6,7)8/h9-12,14-20,22-42,51,57H,13,21H2,1-8H3. The molecule has 3 unspecified atom stereocenters. The van der Waals surface area contributed by atoms with Gasteiger partial charge in [0.15, 0.2) is 5.58 Å². The zero-order chi connectivity index (χ0) is 51.8. The summed E-state index contributed by atoms with van der Waals surface area (Å²) in [6.45, 7) is 17.9. The molecule has 0 aliphatic heterocycles. The van der Waals surface area contributed by atoms with Gasteiger partial charge in [-0.15, -0.1) is 0 Å². The van der Waals surface area contributed by atoms with Gasteiger partial charge in [0.25, 0.3) is 0 Å². The van der Waals surface area contributed by atoms with Crippen molar-refractivity contribution >= 4 is 73.0 Å². The van der Waals surface area contributed by atoms with Gasteiger partial charge in [-0.2, -0.15) is 0 Å². The summed E-state index contributed by atoms with van der Waals surface area (Å²) in [7, 11) is 0. The minimum absolute atomic E-state index is 0.00884. The Labute approximate surface area is 446 Å². The van der Waals surface area contributed by atoms with Gasteiger partial charge in [-0.3, -0.25) is 9.80 Å². The maximum Gasteiger partial charge on any atom is 0.159 e. The van der Waals surface area contributed by atoms with E-state index < -0.39 is 5.41 Å². The van der Waals surface area contributed by atoms with Gasteiger partial charge in [0.05, 0.1) is 11.1 Å². The van der Waals surface area contributed by atoms with E-state index in [9.17, 15) is 0 Å². The SMILES string of the molecule is Cc1ccc(N(c2ccc(C(C)(C)C)cc2)c2ccc3c4c(c5ccccc5c3c2)-c2c(cc(N(c3ccc(C(C)(C)C)cc3)c3ccc(C)cn3)c3oc5c(c23)CCC=C5)C42c3ccccc3C3C=CC=CC32)nc1. The van der Waals surface area contributed by atoms with Crippen LogP contribution in [0, 0.1) is 19.8 Å². The topological polar surface area (TPSA) is 45.4 Å². The van der Waals surface area contributed by atoms with Crippen molar-refractivity contribution in [2.24, 2.45) is 5.92 Å². The first-order valence-electron chi connectivity index (χ1n) is 27.2. The smallest absolute Gasteiger partial charge is 0.159 e. The van der Waals surface area contributed by atoms with Gasteiger partial charge in [-0.1, -0.05) is 163 Å². The highest BCUT2D eigenvalue weighted by molar-refractivity contribution is 6.24. The summed E-state index contributed by atoms with van der Waals surface area (Å²) in [5.74, 6) is 2.92. The number of aryl methyl sites for hydroxylation is 3. The Kier molecular flexibility index (Phi) is 10.3. The lowest BCUT2D eigenvalue weighted by molar-refractivity contribution is 0.468. The monoisotopic (exact) mass is 986 g/mol. The number of hydrogen-bond acceptors (Lipinski definition) is 5. The van der Waals surface area contributed by atoms with Crippen molar-refractivity contribution < 1.29 is 4.42 Å². The maximum absolute atomic E-state index is 7.38. The van der Waals surface area contributed by atoms with Crippen molar-refractivity contribution in [3.05, 3.63) is 244 Å². The van der Waals surface area contributed by atoms with Crippen LogP contribution in [-0.2, 0) is 22.7 Å². The number of pyridine rings is 2. The second-order valence-electron chi connectivity index (χ2n) is 23.8. The van der Waals surface area contributed by atoms with Crippen LogP contribution in [0.25, 0.3) is 49.7 Å². The molecule has 1 spiro atoms. The first-order chi connectivity index (χ1) is 36.8. The zero-order valence-electron chi connectivity index (χ0n) is 44.7. The summed E-state index contributed by atoms with van der Waals surface area (Å²) in [4.78, 5) is 15.0. The maximum atomic E-state index is 7.38. The number of nitrogens with zero attached hydrogens (tertiary/aromatic N) is 4. The van der Waals surface area contributed by atoms with Crippen LogP contribution in [0.4, 0.5) is 34.4 Å². The lowest BCUT2D eigenvalue weighted by Gasteiger charge is -2.37. The molecule has 14 rings (SSSR count). The average molecular weight is 987 g/mol. The fourth-order valence-electron chi connectivity index (χ4n) is 13.5. The van der Waals surface area contributed by atoms with E-state index >= 15 is 0 Å². The molecule has 4 aliphatic rings. The van der Waals surface area contributed by atoms with E-state index in [1.54, 1.807) is 0 Å². The number of benzene rings is 7. The summed E-state index contributed by atoms with van der Waals surface area (Å²) in [6, 6.07) is 55.1. The molecule has 0 N–H and O–H groups in total. The third-order valence-corrected chi connectivity index (χ3v) is 17.1. The Morgan fingerprint density at radius 3 is 1.86 bits per heavy atom. The molecule has 10 aromatic rings. The number of rotatable bonds is 6. The second kappa shape index (κ2) is 16.9. The van der Waals surface area contributed by atoms with E-state index in [4.69, 9.17) is 14.4 Å². The Morgan fingerprint density at radius 2 is 1.18 bits per heavy atom. The minimum atomic E-state index is -0.599. The van der Waals surface area contributed by atoms with Crippen LogP contribution in [0.15, 0.2) is 193 Å². The summed E-state index contributed by atoms with van der Waals surface area (Å²) in [5.41, 5.74) is 18.6. The summed E-state index contributed by atoms with van der Waals surface area (Å²) >= 11 is 0. The molecule has 0 bridgehead atoms. The molecule has 0 saturated carbocycles. The first-order valence-corrected chi connectivity index (χ1v) is 27.2. The Bertz CT molecular complexity index is 4090. The number of anilines is 6. The Balaban J connectivity index is 1.12. The third kappa shape index (κ3) is 6.83. The van der Waals surface area contributed by atoms with Crippen LogP contribution >= 0.6 is 0 Å². The van der Waals surface area contributed by atoms with Crippen molar-refractivity contribution in [3.63, 3.8) is 0 Å². The van der Waals surface area contributed by atoms with Gasteiger partial charge >= 0.3 is 0 Å². The highest BCUT2D eigenvalue weighted by Gasteiger charge is 2.59. The molecule has 0 amide bonds. The van der Waals surface area contributed by atoms with Crippen LogP contribution in [0.1, 0.15) is 110 Å². The van der Waals surface area contributed by atoms with Gasteiger partial charge in [-0.25, -0.2) is 9.97 Å². The van der Waals surface area contributed by atoms with E-state index in [2.05, 4.69) is 247 Å². The van der Waals surface area contributed by atoms with Crippen molar-refractivity contribution in [2.45, 2.75) is 90.4 Å². The molecule has 76 heavy (non-hydrogen) atoms. The number of allylic oxidation sites excluding steroid dienone is 5. The van der Waals surface area contributed by atoms with Crippen LogP contribution in [-0.4, -0.2) is 9.97 Å². The average Bonchev–Trinajstić information content (AvgIpc) is 3.75. The lowest BCUT2D eigenvalue weighted by Crippen LogP contribution is -2.33. The van der Waals surface area contributed by atoms with Crippen LogP contribution in [0.5, 0.6) is 0 Å². The zero-order valence-corrected chi connectivity index (χ0v) is 44.7. The van der Waals surface area contributed by atoms with E-state index in [1.807, 2.05) is 12.4 Å². The largest absolute Gasteiger partial charge is 0.454 e. The van der Waals surface area contributed by atoms with E-state index in [0.29, 0.717) is 0 Å². The number of furan rings is 1. The molecule has 3 atom stereocenters. The highest BCUT2D eigenvalue weighted by Crippen LogP contribution is 2.70. The third-order valence-electron chi connectivity index (χ3n) is 17.1. The number of aromatic nitrogens is 2. The lowest BCUT2D eigenvalue weighted by atomic mass is 9.64. The second-order valence-corrected chi connectivity index (χ2v) is 23.8. The fourth-order valence-corrected chi connectivity index (χ4v) is 13.5. The van der Waals surface area contributed by atoms with E-state index in [0.717, 1.165) is 69.7 Å². The predicted molar refractivity (Wildman–Crippen MR) is 317 cm³/mol. The highest BCUT2D eigenvalue weighted by atomic mass is 16.3. The number of fused-ring (bicyclic) bond motifs is 19. The van der Waals surface area contributed by atoms with Crippen molar-refractivity contribution in [2.75, 3.05) is 9.80 Å². The van der Waals surface area contributed by atoms with Gasteiger partial charge in [0, 0.05) is 52.2 Å². The predicted octanol–water partition coefficient (Wildman–Crippen LogP) is 18.8. The van der Waals surface area contributed by atoms with Crippen LogP contribution < -0.4 is 9.80 Å². The molecule has 5 heteroatoms. The van der Waals surface area contributed by atoms with Crippen molar-refractivity contribution in [1.29, 1.82) is 0 Å². The molecular weight excluding hydrogens is 925 g/mol. The van der Waals surface area contributed by atoms with E-state index in [-0.39, 0.29) is 22.7 Å². The molecule has 0 fully saturated rings. The Morgan fingerprint density at radius 1 is 0.566 bits per heavy atom. The fraction of sp³-hybridized carbons (Fsp3) is 0.211. The van der Waals surface area contributed by atoms with Gasteiger partial charge in [0.1, 0.15) is 17.4 Å². The van der Waals surface area contributed by atoms with Crippen molar-refractivity contribution in [1.82, 2.24) is 9.97 Å². The van der Waals surface area contributed by atoms with Crippen molar-refractivity contribution in [3.8, 4) is 11.1 Å². The van der Waals surface area contributed by atoms with Gasteiger partial charge in [0.2, 0.25) is 0 Å². The van der Waals surface area contributed by atoms with E-state index in [1.165, 1.54) is 77.0 Å². The molecule has 4 aliphatic carbocycles. The molecule has 372 valence electrons. The summed E-state index contributed by atoms with van der Waals surface area (Å²) < 4.78 is 7.38. The molecule has 0 radical (unpaired) electrons. The summed E-state index contributed by atoms with van der Waals surface area (Å²) in [5, 5.41) is 6.16. The molecule has 0 saturated heterocycles. The normalized spacial score (nSPS) is 18.1. The van der Waals surface area contributed by atoms with Crippen LogP contribution in [0.3, 0.4) is 0 Å². The minimum Gasteiger partial charge on any atom is -0.454 e. The Hall–Kier alpha value is -8.28. The van der Waals surface area contributed by atoms with Gasteiger partial charge < -0.3 is 4.42 Å². The van der Waals surface area contributed by atoms with Crippen LogP contribution in [0.2, 0.25) is 0 Å². The first kappa shape index (κ1) is 46.3. The van der Waals surface area contributed by atoms with Gasteiger partial charge in [-0.05, 0) is 175 Å². The molecular formula is C71H62N4O. The molecule has 5 nitrogen and oxygen atoms in total. The number of hydrogen-bond donors (Lipinski definition) is 0. The quantitative estimate of drug-likeness (QED) is 0.155. The molecule has 3 aromatic heterocycles. The molecule has 3 heterocycles. The summed E-state index contributed by atoms with van der Waals surface area (Å²) in [6.07, 6.45) is 19.8. The molecule has 7 aromatic carbocycles.